The summed E-state index contributed by atoms with van der Waals surface area (Å²) >= 11 is 2.41. The predicted octanol–water partition coefficient (Wildman–Crippen LogP) is 4.03. The van der Waals surface area contributed by atoms with Gasteiger partial charge in [-0.3, -0.25) is 0 Å². The van der Waals surface area contributed by atoms with Gasteiger partial charge in [-0.1, -0.05) is 0 Å². The average molecular weight is 369 g/mol. The van der Waals surface area contributed by atoms with Gasteiger partial charge in [0.25, 0.3) is 0 Å². The van der Waals surface area contributed by atoms with E-state index in [-0.39, 0.29) is 0 Å². The van der Waals surface area contributed by atoms with E-state index >= 15 is 0 Å². The Morgan fingerprint density at radius 2 is 0.773 bits per heavy atom. The monoisotopic (exact) mass is 368 g/mol. The van der Waals surface area contributed by atoms with Crippen molar-refractivity contribution in [3.63, 3.8) is 0 Å². The molecule has 0 fully saturated rings. The van der Waals surface area contributed by atoms with Crippen LogP contribution in [0.5, 0.6) is 0 Å². The molecular formula is C19H19ClMnP. The summed E-state index contributed by atoms with van der Waals surface area (Å²) in [6, 6.07) is 32.8. The van der Waals surface area contributed by atoms with Gasteiger partial charge in [0.2, 0.25) is 0 Å². The van der Waals surface area contributed by atoms with Gasteiger partial charge in [0, 0.05) is 0 Å². The Morgan fingerprint density at radius 1 is 0.545 bits per heavy atom. The third-order valence-corrected chi connectivity index (χ3v) is 8.52. The van der Waals surface area contributed by atoms with Gasteiger partial charge in [-0.15, -0.1) is 0 Å². The van der Waals surface area contributed by atoms with Crippen LogP contribution in [0.3, 0.4) is 0 Å². The first-order valence-electron chi connectivity index (χ1n) is 7.12. The van der Waals surface area contributed by atoms with Crippen molar-refractivity contribution in [3.05, 3.63) is 91.0 Å². The summed E-state index contributed by atoms with van der Waals surface area (Å²) in [6.07, 6.45) is 0. The van der Waals surface area contributed by atoms with Crippen LogP contribution in [0.1, 0.15) is 0 Å². The van der Waals surface area contributed by atoms with E-state index in [0.717, 1.165) is 0 Å². The fourth-order valence-electron chi connectivity index (χ4n) is 2.81. The van der Waals surface area contributed by atoms with E-state index in [4.69, 9.17) is 0 Å². The third-order valence-electron chi connectivity index (χ3n) is 4.05. The van der Waals surface area contributed by atoms with E-state index in [0.29, 0.717) is 0 Å². The van der Waals surface area contributed by atoms with Crippen molar-refractivity contribution in [3.8, 4) is 0 Å². The molecule has 0 radical (unpaired) electrons. The van der Waals surface area contributed by atoms with Crippen LogP contribution < -0.4 is 15.9 Å². The van der Waals surface area contributed by atoms with Crippen LogP contribution in [0.25, 0.3) is 0 Å². The SMILES string of the molecule is C[PH](c1ccccc1)(c1ccccc1)c1ccccc1.[Cl][Mn]. The zero-order chi connectivity index (χ0) is 15.8. The summed E-state index contributed by atoms with van der Waals surface area (Å²) in [7, 11) is 2.57. The molecule has 0 unspecified atom stereocenters. The van der Waals surface area contributed by atoms with Gasteiger partial charge in [-0.05, 0) is 0 Å². The minimum atomic E-state index is -1.88. The second kappa shape index (κ2) is 8.51. The van der Waals surface area contributed by atoms with Crippen LogP contribution in [0.15, 0.2) is 91.0 Å². The Hall–Kier alpha value is -1.10. The second-order valence-electron chi connectivity index (χ2n) is 5.22. The molecule has 0 heterocycles. The van der Waals surface area contributed by atoms with Crippen LogP contribution in [-0.2, 0) is 15.1 Å². The van der Waals surface area contributed by atoms with Gasteiger partial charge in [0.1, 0.15) is 0 Å². The molecule has 0 atom stereocenters. The predicted molar refractivity (Wildman–Crippen MR) is 98.3 cm³/mol. The molecule has 0 N–H and O–H groups in total. The Bertz CT molecular complexity index is 575. The summed E-state index contributed by atoms with van der Waals surface area (Å²) in [5, 5.41) is 4.37. The molecule has 3 aromatic carbocycles. The number of halogens is 1. The molecule has 22 heavy (non-hydrogen) atoms. The second-order valence-corrected chi connectivity index (χ2v) is 9.21. The Balaban J connectivity index is 0.000000847. The van der Waals surface area contributed by atoms with E-state index < -0.39 is 7.26 Å². The Morgan fingerprint density at radius 3 is 1.00 bits per heavy atom. The maximum atomic E-state index is 4.45. The number of rotatable bonds is 3. The van der Waals surface area contributed by atoms with Crippen LogP contribution in [0.2, 0.25) is 0 Å². The number of benzene rings is 3. The van der Waals surface area contributed by atoms with E-state index in [1.54, 1.807) is 0 Å². The summed E-state index contributed by atoms with van der Waals surface area (Å²) in [4.78, 5) is 0. The van der Waals surface area contributed by atoms with Gasteiger partial charge in [0.05, 0.1) is 0 Å². The summed E-state index contributed by atoms with van der Waals surface area (Å²) in [5.74, 6) is 0. The Kier molecular flexibility index (Phi) is 6.68. The molecule has 0 aromatic heterocycles. The summed E-state index contributed by atoms with van der Waals surface area (Å²) in [5.41, 5.74) is 0. The fourth-order valence-corrected chi connectivity index (χ4v) is 6.39. The van der Waals surface area contributed by atoms with Gasteiger partial charge in [-0.25, -0.2) is 0 Å². The van der Waals surface area contributed by atoms with E-state index in [1.165, 1.54) is 15.9 Å². The third kappa shape index (κ3) is 3.62. The van der Waals surface area contributed by atoms with Crippen LogP contribution in [-0.4, -0.2) is 6.66 Å². The molecule has 0 aliphatic heterocycles. The van der Waals surface area contributed by atoms with Crippen LogP contribution >= 0.6 is 17.4 Å². The first kappa shape index (κ1) is 17.3. The average Bonchev–Trinajstić information content (AvgIpc) is 2.65. The van der Waals surface area contributed by atoms with E-state index in [9.17, 15) is 0 Å². The first-order chi connectivity index (χ1) is 10.8. The molecule has 3 heteroatoms. The van der Waals surface area contributed by atoms with E-state index in [1.807, 2.05) is 0 Å². The molecule has 0 saturated heterocycles. The standard InChI is InChI=1S/C19H19P.ClH.Mn/c1-20(17-11-5-2-6-12-17,18-13-7-3-8-14-18)19-15-9-4-10-16-19;;/h2-16,20H,1H3;1H;/q;;+1/p-1. The van der Waals surface area contributed by atoms with Crippen molar-refractivity contribution in [2.24, 2.45) is 0 Å². The molecule has 0 amide bonds. The van der Waals surface area contributed by atoms with Gasteiger partial charge in [-0.2, -0.15) is 0 Å². The van der Waals surface area contributed by atoms with Crippen LogP contribution in [0.4, 0.5) is 0 Å². The number of hydrogen-bond acceptors (Lipinski definition) is 0. The quantitative estimate of drug-likeness (QED) is 0.484. The van der Waals surface area contributed by atoms with Gasteiger partial charge >= 0.3 is 146 Å². The van der Waals surface area contributed by atoms with Gasteiger partial charge < -0.3 is 0 Å². The van der Waals surface area contributed by atoms with Gasteiger partial charge in [0.15, 0.2) is 0 Å². The molecule has 0 bridgehead atoms. The minimum absolute atomic E-state index is 1.46. The van der Waals surface area contributed by atoms with Crippen molar-refractivity contribution in [1.29, 1.82) is 0 Å². The van der Waals surface area contributed by atoms with Crippen molar-refractivity contribution in [2.75, 3.05) is 6.66 Å². The zero-order valence-electron chi connectivity index (χ0n) is 12.4. The molecular weight excluding hydrogens is 350 g/mol. The topological polar surface area (TPSA) is 0 Å². The normalized spacial score (nSPS) is 11.2. The van der Waals surface area contributed by atoms with E-state index in [2.05, 4.69) is 123 Å². The molecule has 0 aliphatic rings. The molecule has 0 aliphatic carbocycles. The molecule has 0 saturated carbocycles. The van der Waals surface area contributed by atoms with Crippen molar-refractivity contribution < 1.29 is 15.1 Å². The van der Waals surface area contributed by atoms with Crippen molar-refractivity contribution in [1.82, 2.24) is 0 Å². The Labute approximate surface area is 145 Å². The fraction of sp³-hybridized carbons (Fsp3) is 0.0526. The molecule has 0 nitrogen and oxygen atoms in total. The zero-order valence-corrected chi connectivity index (χ0v) is 15.4. The molecule has 3 aromatic rings. The molecule has 3 rings (SSSR count). The molecule has 0 spiro atoms. The number of hydrogen-bond donors (Lipinski definition) is 0. The maximum absolute atomic E-state index is 4.45. The molecule has 114 valence electrons. The first-order valence-corrected chi connectivity index (χ1v) is 11.2. The van der Waals surface area contributed by atoms with Crippen LogP contribution in [0, 0.1) is 0 Å². The summed E-state index contributed by atoms with van der Waals surface area (Å²) < 4.78 is 0. The van der Waals surface area contributed by atoms with Crippen molar-refractivity contribution >= 4 is 33.3 Å². The van der Waals surface area contributed by atoms with Crippen molar-refractivity contribution in [2.45, 2.75) is 0 Å². The summed E-state index contributed by atoms with van der Waals surface area (Å²) in [6.45, 7) is 2.44.